The molecule has 0 unspecified atom stereocenters. The van der Waals surface area contributed by atoms with E-state index in [-0.39, 0.29) is 0 Å². The van der Waals surface area contributed by atoms with Gasteiger partial charge in [0.2, 0.25) is 5.91 Å². The monoisotopic (exact) mass is 234 g/mol. The topological polar surface area (TPSA) is 144 Å². The number of nitrogens with two attached hydrogens (primary N) is 1. The van der Waals surface area contributed by atoms with E-state index < -0.39 is 49.3 Å². The maximum Gasteiger partial charge on any atom is 0.323 e. The fraction of sp³-hybridized carbons (Fsp3) is 0.750. The lowest BCUT2D eigenvalue weighted by atomic mass is 9.88. The Bertz CT molecular complexity index is 296. The lowest BCUT2D eigenvalue weighted by Gasteiger charge is -2.47. The van der Waals surface area contributed by atoms with E-state index in [1.165, 1.54) is 0 Å². The molecule has 1 amide bonds. The van der Waals surface area contributed by atoms with E-state index in [0.29, 0.717) is 0 Å². The maximum absolute atomic E-state index is 11.2. The van der Waals surface area contributed by atoms with Gasteiger partial charge >= 0.3 is 5.97 Å². The molecule has 0 saturated carbocycles. The molecular formula is C8H14N2O6. The molecule has 1 fully saturated rings. The average Bonchev–Trinajstić information content (AvgIpc) is 2.25. The molecule has 0 spiro atoms. The molecule has 16 heavy (non-hydrogen) atoms. The number of hydrogen-bond acceptors (Lipinski definition) is 6. The van der Waals surface area contributed by atoms with E-state index >= 15 is 0 Å². The molecule has 0 aromatic carbocycles. The molecule has 8 nitrogen and oxygen atoms in total. The molecular weight excluding hydrogens is 220 g/mol. The van der Waals surface area contributed by atoms with Gasteiger partial charge in [0.05, 0.1) is 12.6 Å². The Labute approximate surface area is 90.9 Å². The van der Waals surface area contributed by atoms with Crippen molar-refractivity contribution in [2.45, 2.75) is 24.3 Å². The molecule has 1 rings (SSSR count). The molecule has 6 N–H and O–H groups in total. The molecule has 1 saturated heterocycles. The molecule has 1 aliphatic rings. The number of aliphatic hydroxyl groups excluding tert-OH is 3. The maximum atomic E-state index is 11.2. The van der Waals surface area contributed by atoms with Crippen LogP contribution in [0.4, 0.5) is 0 Å². The summed E-state index contributed by atoms with van der Waals surface area (Å²) < 4.78 is 0. The highest BCUT2D eigenvalue weighted by atomic mass is 16.4. The number of hydrogen-bond donors (Lipinski definition) is 5. The predicted molar refractivity (Wildman–Crippen MR) is 50.2 cm³/mol. The van der Waals surface area contributed by atoms with E-state index in [4.69, 9.17) is 15.9 Å². The Balaban J connectivity index is 2.70. The minimum absolute atomic E-state index is 0.591. The summed E-state index contributed by atoms with van der Waals surface area (Å²) in [6, 6.07) is -2.03. The fourth-order valence-electron chi connectivity index (χ4n) is 1.66. The third-order valence-electron chi connectivity index (χ3n) is 2.53. The summed E-state index contributed by atoms with van der Waals surface area (Å²) in [5, 5.41) is 35.9. The molecule has 8 heteroatoms. The van der Waals surface area contributed by atoms with Gasteiger partial charge in [0.1, 0.15) is 24.8 Å². The summed E-state index contributed by atoms with van der Waals surface area (Å²) >= 11 is 0. The molecule has 0 aromatic rings. The Hall–Kier alpha value is -1.22. The second-order valence-electron chi connectivity index (χ2n) is 3.62. The quantitative estimate of drug-likeness (QED) is 0.308. The van der Waals surface area contributed by atoms with Gasteiger partial charge in [-0.1, -0.05) is 0 Å². The standard InChI is InChI=1S/C8H14N2O6/c9-5-6(7(15)3(12)2-11)10(8(5)16)1-4(13)14/h3,5-7,11-12,15H,1-2,9H2,(H,13,14)/t3-,5+,6-,7-/m1/s1. The van der Waals surface area contributed by atoms with Gasteiger partial charge in [0.25, 0.3) is 0 Å². The average molecular weight is 234 g/mol. The third-order valence-corrected chi connectivity index (χ3v) is 2.53. The summed E-state index contributed by atoms with van der Waals surface area (Å²) in [6.07, 6.45) is -2.92. The first kappa shape index (κ1) is 12.8. The summed E-state index contributed by atoms with van der Waals surface area (Å²) in [4.78, 5) is 22.5. The zero-order valence-electron chi connectivity index (χ0n) is 8.35. The number of carbonyl (C=O) groups is 2. The number of nitrogens with zero attached hydrogens (tertiary/aromatic N) is 1. The Kier molecular flexibility index (Phi) is 3.81. The molecule has 0 aromatic heterocycles. The van der Waals surface area contributed by atoms with Crippen LogP contribution in [0.25, 0.3) is 0 Å². The third kappa shape index (κ3) is 2.14. The highest BCUT2D eigenvalue weighted by molar-refractivity contribution is 5.92. The molecule has 0 radical (unpaired) electrons. The normalized spacial score (nSPS) is 28.5. The molecule has 4 atom stereocenters. The largest absolute Gasteiger partial charge is 0.480 e. The number of β-lactam (4-membered cyclic amide) rings is 1. The van der Waals surface area contributed by atoms with Crippen molar-refractivity contribution in [2.75, 3.05) is 13.2 Å². The highest BCUT2D eigenvalue weighted by Crippen LogP contribution is 2.22. The summed E-state index contributed by atoms with van der Waals surface area (Å²) in [7, 11) is 0. The fourth-order valence-corrected chi connectivity index (χ4v) is 1.66. The van der Waals surface area contributed by atoms with Crippen LogP contribution in [0.15, 0.2) is 0 Å². The lowest BCUT2D eigenvalue weighted by molar-refractivity contribution is -0.168. The van der Waals surface area contributed by atoms with Gasteiger partial charge in [0, 0.05) is 0 Å². The van der Waals surface area contributed by atoms with Gasteiger partial charge < -0.3 is 31.1 Å². The molecule has 1 heterocycles. The highest BCUT2D eigenvalue weighted by Gasteiger charge is 2.50. The molecule has 0 bridgehead atoms. The van der Waals surface area contributed by atoms with E-state index in [9.17, 15) is 19.8 Å². The van der Waals surface area contributed by atoms with Gasteiger partial charge in [-0.05, 0) is 0 Å². The number of carbonyl (C=O) groups excluding carboxylic acids is 1. The van der Waals surface area contributed by atoms with Gasteiger partial charge in [-0.3, -0.25) is 9.59 Å². The molecule has 0 aliphatic carbocycles. The number of carboxylic acids is 1. The van der Waals surface area contributed by atoms with Crippen LogP contribution in [0.2, 0.25) is 0 Å². The number of likely N-dealkylation sites (tertiary alicyclic amines) is 1. The first-order valence-electron chi connectivity index (χ1n) is 4.65. The van der Waals surface area contributed by atoms with Crippen molar-refractivity contribution >= 4 is 11.9 Å². The molecule has 1 aliphatic heterocycles. The van der Waals surface area contributed by atoms with Crippen molar-refractivity contribution in [3.63, 3.8) is 0 Å². The van der Waals surface area contributed by atoms with E-state index in [2.05, 4.69) is 0 Å². The van der Waals surface area contributed by atoms with Crippen molar-refractivity contribution in [3.8, 4) is 0 Å². The van der Waals surface area contributed by atoms with Crippen LogP contribution in [-0.4, -0.2) is 74.6 Å². The Morgan fingerprint density at radius 2 is 2.06 bits per heavy atom. The Morgan fingerprint density at radius 1 is 1.50 bits per heavy atom. The molecule has 92 valence electrons. The van der Waals surface area contributed by atoms with Crippen LogP contribution >= 0.6 is 0 Å². The van der Waals surface area contributed by atoms with Crippen LogP contribution in [0.5, 0.6) is 0 Å². The minimum atomic E-state index is -1.46. The summed E-state index contributed by atoms with van der Waals surface area (Å²) in [5.41, 5.74) is 5.39. The first-order chi connectivity index (χ1) is 7.40. The van der Waals surface area contributed by atoms with Gasteiger partial charge in [0.15, 0.2) is 0 Å². The summed E-state index contributed by atoms with van der Waals surface area (Å²) in [6.45, 7) is -1.29. The second kappa shape index (κ2) is 4.74. The van der Waals surface area contributed by atoms with Crippen LogP contribution in [0, 0.1) is 0 Å². The number of rotatable bonds is 5. The number of carboxylic acid groups (broad SMARTS) is 1. The van der Waals surface area contributed by atoms with E-state index in [0.717, 1.165) is 4.90 Å². The number of amides is 1. The van der Waals surface area contributed by atoms with Crippen molar-refractivity contribution in [3.05, 3.63) is 0 Å². The first-order valence-corrected chi connectivity index (χ1v) is 4.65. The minimum Gasteiger partial charge on any atom is -0.480 e. The smallest absolute Gasteiger partial charge is 0.323 e. The van der Waals surface area contributed by atoms with Crippen molar-refractivity contribution in [2.24, 2.45) is 5.73 Å². The van der Waals surface area contributed by atoms with Crippen LogP contribution in [0.3, 0.4) is 0 Å². The number of aliphatic hydroxyl groups is 3. The van der Waals surface area contributed by atoms with Crippen LogP contribution < -0.4 is 5.73 Å². The van der Waals surface area contributed by atoms with Crippen LogP contribution in [0.1, 0.15) is 0 Å². The number of aliphatic carboxylic acids is 1. The van der Waals surface area contributed by atoms with Gasteiger partial charge in [-0.25, -0.2) is 0 Å². The van der Waals surface area contributed by atoms with Crippen molar-refractivity contribution < 1.29 is 30.0 Å². The van der Waals surface area contributed by atoms with Gasteiger partial charge in [-0.15, -0.1) is 0 Å². The zero-order chi connectivity index (χ0) is 12.5. The zero-order valence-corrected chi connectivity index (χ0v) is 8.35. The predicted octanol–water partition coefficient (Wildman–Crippen LogP) is -3.68. The van der Waals surface area contributed by atoms with Crippen molar-refractivity contribution in [1.29, 1.82) is 0 Å². The van der Waals surface area contributed by atoms with Crippen molar-refractivity contribution in [1.82, 2.24) is 4.90 Å². The van der Waals surface area contributed by atoms with Gasteiger partial charge in [-0.2, -0.15) is 0 Å². The summed E-state index contributed by atoms with van der Waals surface area (Å²) in [5.74, 6) is -1.84. The Morgan fingerprint density at radius 3 is 2.50 bits per heavy atom. The lowest BCUT2D eigenvalue weighted by Crippen LogP contribution is -2.74. The van der Waals surface area contributed by atoms with E-state index in [1.54, 1.807) is 0 Å². The van der Waals surface area contributed by atoms with Crippen LogP contribution in [-0.2, 0) is 9.59 Å². The second-order valence-corrected chi connectivity index (χ2v) is 3.62. The SMILES string of the molecule is N[C@@H]1C(=O)N(CC(=O)O)[C@H]1[C@H](O)[C@H](O)CO. The van der Waals surface area contributed by atoms with E-state index in [1.807, 2.05) is 0 Å².